The van der Waals surface area contributed by atoms with Gasteiger partial charge in [-0.3, -0.25) is 14.4 Å². The molecule has 0 unspecified atom stereocenters. The van der Waals surface area contributed by atoms with Crippen molar-refractivity contribution < 1.29 is 28.3 Å². The maximum atomic E-state index is 12.5. The number of furan rings is 1. The van der Waals surface area contributed by atoms with Gasteiger partial charge in [-0.15, -0.1) is 0 Å². The summed E-state index contributed by atoms with van der Waals surface area (Å²) in [5.74, 6) is 0.173. The maximum absolute atomic E-state index is 12.5. The van der Waals surface area contributed by atoms with Crippen LogP contribution in [0.15, 0.2) is 34.9 Å². The summed E-state index contributed by atoms with van der Waals surface area (Å²) >= 11 is 0. The molecular weight excluding hydrogens is 414 g/mol. The SMILES string of the molecule is CCOc1cc(NC(=O)c2ccco2)c(OCC)cc1NC(=O)CCC(=O)N1CCCC1. The van der Waals surface area contributed by atoms with Crippen LogP contribution in [0.3, 0.4) is 0 Å². The first-order valence-corrected chi connectivity index (χ1v) is 10.9. The highest BCUT2D eigenvalue weighted by Gasteiger charge is 2.20. The number of carbonyl (C=O) groups excluding carboxylic acids is 3. The molecule has 1 aliphatic rings. The Hall–Kier alpha value is -3.49. The van der Waals surface area contributed by atoms with Crippen LogP contribution in [-0.4, -0.2) is 48.9 Å². The Morgan fingerprint density at radius 3 is 2.16 bits per heavy atom. The molecule has 1 saturated heterocycles. The third-order valence-electron chi connectivity index (χ3n) is 4.97. The van der Waals surface area contributed by atoms with Gasteiger partial charge in [0, 0.05) is 38.1 Å². The molecule has 0 saturated carbocycles. The molecule has 0 bridgehead atoms. The summed E-state index contributed by atoms with van der Waals surface area (Å²) in [6.45, 7) is 5.87. The monoisotopic (exact) mass is 443 g/mol. The molecule has 32 heavy (non-hydrogen) atoms. The number of carbonyl (C=O) groups is 3. The van der Waals surface area contributed by atoms with E-state index in [1.165, 1.54) is 6.26 Å². The number of anilines is 2. The number of hydrogen-bond acceptors (Lipinski definition) is 6. The van der Waals surface area contributed by atoms with E-state index < -0.39 is 5.91 Å². The zero-order valence-corrected chi connectivity index (χ0v) is 18.4. The molecule has 0 spiro atoms. The number of rotatable bonds is 10. The largest absolute Gasteiger partial charge is 0.492 e. The second-order valence-electron chi connectivity index (χ2n) is 7.28. The van der Waals surface area contributed by atoms with Crippen molar-refractivity contribution in [2.75, 3.05) is 36.9 Å². The lowest BCUT2D eigenvalue weighted by atomic mass is 10.2. The Labute approximate surface area is 187 Å². The van der Waals surface area contributed by atoms with Crippen LogP contribution in [0.5, 0.6) is 11.5 Å². The van der Waals surface area contributed by atoms with E-state index in [1.54, 1.807) is 29.2 Å². The minimum absolute atomic E-state index is 0.00586. The van der Waals surface area contributed by atoms with Gasteiger partial charge in [0.05, 0.1) is 30.9 Å². The third kappa shape index (κ3) is 6.03. The van der Waals surface area contributed by atoms with E-state index in [9.17, 15) is 14.4 Å². The molecule has 0 atom stereocenters. The van der Waals surface area contributed by atoms with Crippen LogP contribution in [0, 0.1) is 0 Å². The maximum Gasteiger partial charge on any atom is 0.291 e. The molecular formula is C23H29N3O6. The number of ether oxygens (including phenoxy) is 2. The fourth-order valence-electron chi connectivity index (χ4n) is 3.45. The summed E-state index contributed by atoms with van der Waals surface area (Å²) in [5, 5.41) is 5.55. The fraction of sp³-hybridized carbons (Fsp3) is 0.435. The van der Waals surface area contributed by atoms with E-state index in [2.05, 4.69) is 10.6 Å². The van der Waals surface area contributed by atoms with Crippen LogP contribution in [0.25, 0.3) is 0 Å². The highest BCUT2D eigenvalue weighted by atomic mass is 16.5. The number of nitrogens with one attached hydrogen (secondary N) is 2. The summed E-state index contributed by atoms with van der Waals surface area (Å²) < 4.78 is 16.5. The summed E-state index contributed by atoms with van der Waals surface area (Å²) in [5.41, 5.74) is 0.795. The van der Waals surface area contributed by atoms with Crippen LogP contribution < -0.4 is 20.1 Å². The highest BCUT2D eigenvalue weighted by Crippen LogP contribution is 2.37. The minimum atomic E-state index is -0.435. The van der Waals surface area contributed by atoms with Crippen LogP contribution in [0.4, 0.5) is 11.4 Å². The first-order chi connectivity index (χ1) is 15.5. The topological polar surface area (TPSA) is 110 Å². The predicted octanol–water partition coefficient (Wildman–Crippen LogP) is 3.67. The van der Waals surface area contributed by atoms with Crippen molar-refractivity contribution >= 4 is 29.1 Å². The Balaban J connectivity index is 1.73. The molecule has 1 aliphatic heterocycles. The average molecular weight is 444 g/mol. The number of hydrogen-bond donors (Lipinski definition) is 2. The van der Waals surface area contributed by atoms with E-state index >= 15 is 0 Å². The first-order valence-electron chi connectivity index (χ1n) is 10.9. The lowest BCUT2D eigenvalue weighted by molar-refractivity contribution is -0.131. The van der Waals surface area contributed by atoms with Crippen molar-refractivity contribution in [3.63, 3.8) is 0 Å². The van der Waals surface area contributed by atoms with Gasteiger partial charge < -0.3 is 29.4 Å². The summed E-state index contributed by atoms with van der Waals surface area (Å²) in [4.78, 5) is 38.9. The van der Waals surface area contributed by atoms with Crippen LogP contribution >= 0.6 is 0 Å². The zero-order valence-electron chi connectivity index (χ0n) is 18.4. The van der Waals surface area contributed by atoms with Gasteiger partial charge in [0.2, 0.25) is 11.8 Å². The lowest BCUT2D eigenvalue weighted by Crippen LogP contribution is -2.28. The number of likely N-dealkylation sites (tertiary alicyclic amines) is 1. The van der Waals surface area contributed by atoms with Crippen molar-refractivity contribution in [3.05, 3.63) is 36.3 Å². The van der Waals surface area contributed by atoms with Gasteiger partial charge in [-0.25, -0.2) is 0 Å². The molecule has 1 aromatic carbocycles. The predicted molar refractivity (Wildman–Crippen MR) is 119 cm³/mol. The molecule has 2 aromatic rings. The fourth-order valence-corrected chi connectivity index (χ4v) is 3.45. The van der Waals surface area contributed by atoms with Crippen LogP contribution in [0.1, 0.15) is 50.1 Å². The van der Waals surface area contributed by atoms with Gasteiger partial charge in [0.1, 0.15) is 11.5 Å². The van der Waals surface area contributed by atoms with Crippen LogP contribution in [0.2, 0.25) is 0 Å². The van der Waals surface area contributed by atoms with Gasteiger partial charge in [-0.1, -0.05) is 0 Å². The highest BCUT2D eigenvalue weighted by molar-refractivity contribution is 6.04. The van der Waals surface area contributed by atoms with Gasteiger partial charge in [-0.2, -0.15) is 0 Å². The third-order valence-corrected chi connectivity index (χ3v) is 4.97. The Morgan fingerprint density at radius 2 is 1.59 bits per heavy atom. The molecule has 0 aliphatic carbocycles. The van der Waals surface area contributed by atoms with Gasteiger partial charge in [0.15, 0.2) is 5.76 Å². The first kappa shape index (κ1) is 23.2. The summed E-state index contributed by atoms with van der Waals surface area (Å²) in [7, 11) is 0. The molecule has 2 heterocycles. The van der Waals surface area contributed by atoms with E-state index in [-0.39, 0.29) is 30.4 Å². The van der Waals surface area contributed by atoms with Crippen LogP contribution in [-0.2, 0) is 9.59 Å². The molecule has 9 nitrogen and oxygen atoms in total. The molecule has 2 N–H and O–H groups in total. The normalized spacial score (nSPS) is 13.0. The Bertz CT molecular complexity index is 935. The number of nitrogens with zero attached hydrogens (tertiary/aromatic N) is 1. The van der Waals surface area contributed by atoms with E-state index in [0.29, 0.717) is 36.1 Å². The van der Waals surface area contributed by atoms with Crippen molar-refractivity contribution in [2.24, 2.45) is 0 Å². The van der Waals surface area contributed by atoms with Gasteiger partial charge in [-0.05, 0) is 38.8 Å². The van der Waals surface area contributed by atoms with Crippen molar-refractivity contribution in [2.45, 2.75) is 39.5 Å². The summed E-state index contributed by atoms with van der Waals surface area (Å²) in [6.07, 6.45) is 3.67. The van der Waals surface area contributed by atoms with E-state index in [4.69, 9.17) is 13.9 Å². The van der Waals surface area contributed by atoms with E-state index in [1.807, 2.05) is 13.8 Å². The molecule has 172 valence electrons. The lowest BCUT2D eigenvalue weighted by Gasteiger charge is -2.18. The second kappa shape index (κ2) is 11.2. The summed E-state index contributed by atoms with van der Waals surface area (Å²) in [6, 6.07) is 6.38. The van der Waals surface area contributed by atoms with E-state index in [0.717, 1.165) is 25.9 Å². The molecule has 1 aromatic heterocycles. The average Bonchev–Trinajstić information content (AvgIpc) is 3.49. The Kier molecular flexibility index (Phi) is 8.13. The minimum Gasteiger partial charge on any atom is -0.492 e. The van der Waals surface area contributed by atoms with Gasteiger partial charge in [0.25, 0.3) is 5.91 Å². The second-order valence-corrected chi connectivity index (χ2v) is 7.28. The van der Waals surface area contributed by atoms with Crippen molar-refractivity contribution in [3.8, 4) is 11.5 Å². The molecule has 1 fully saturated rings. The standard InChI is InChI=1S/C23H29N3O6/c1-3-30-19-15-17(25-23(29)18-8-7-13-32-18)20(31-4-2)14-16(19)24-21(27)9-10-22(28)26-11-5-6-12-26/h7-8,13-15H,3-6,9-12H2,1-2H3,(H,24,27)(H,25,29). The molecule has 0 radical (unpaired) electrons. The quantitative estimate of drug-likeness (QED) is 0.580. The number of benzene rings is 1. The van der Waals surface area contributed by atoms with Crippen molar-refractivity contribution in [1.82, 2.24) is 4.90 Å². The molecule has 9 heteroatoms. The van der Waals surface area contributed by atoms with Crippen molar-refractivity contribution in [1.29, 1.82) is 0 Å². The Morgan fingerprint density at radius 1 is 0.969 bits per heavy atom. The zero-order chi connectivity index (χ0) is 22.9. The number of amides is 3. The molecule has 3 amide bonds. The molecule has 3 rings (SSSR count). The van der Waals surface area contributed by atoms with Gasteiger partial charge >= 0.3 is 0 Å². The smallest absolute Gasteiger partial charge is 0.291 e.